The summed E-state index contributed by atoms with van der Waals surface area (Å²) >= 11 is 3.52. The molecule has 0 aromatic heterocycles. The summed E-state index contributed by atoms with van der Waals surface area (Å²) in [7, 11) is 0. The van der Waals surface area contributed by atoms with Crippen LogP contribution in [0.25, 0.3) is 0 Å². The van der Waals surface area contributed by atoms with E-state index in [4.69, 9.17) is 24.7 Å². The summed E-state index contributed by atoms with van der Waals surface area (Å²) in [5, 5.41) is 19.3. The monoisotopic (exact) mass is 501 g/mol. The molecule has 0 bridgehead atoms. The summed E-state index contributed by atoms with van der Waals surface area (Å²) in [5.74, 6) is 1.64. The molecule has 2 aliphatic heterocycles. The second-order valence-electron chi connectivity index (χ2n) is 7.41. The normalized spacial score (nSPS) is 15.8. The topological polar surface area (TPSA) is 111 Å². The second kappa shape index (κ2) is 8.42. The first-order chi connectivity index (χ1) is 16.1. The van der Waals surface area contributed by atoms with E-state index >= 15 is 0 Å². The third-order valence-corrected chi connectivity index (χ3v) is 6.01. The molecule has 0 amide bonds. The number of nitrogens with zero attached hydrogens (tertiary/aromatic N) is 2. The van der Waals surface area contributed by atoms with Crippen LogP contribution in [0.4, 0.5) is 0 Å². The van der Waals surface area contributed by atoms with Crippen molar-refractivity contribution in [1.82, 2.24) is 0 Å². The van der Waals surface area contributed by atoms with Crippen LogP contribution in [0.5, 0.6) is 23.0 Å². The fourth-order valence-electron chi connectivity index (χ4n) is 3.95. The van der Waals surface area contributed by atoms with Crippen molar-refractivity contribution in [2.24, 2.45) is 5.73 Å². The third-order valence-electron chi connectivity index (χ3n) is 5.51. The summed E-state index contributed by atoms with van der Waals surface area (Å²) in [6.45, 7) is 0.303. The van der Waals surface area contributed by atoms with Crippen molar-refractivity contribution in [2.75, 3.05) is 6.79 Å². The summed E-state index contributed by atoms with van der Waals surface area (Å²) in [6, 6.07) is 20.7. The van der Waals surface area contributed by atoms with E-state index in [2.05, 4.69) is 28.1 Å². The minimum absolute atomic E-state index is 0.0228. The number of benzene rings is 3. The number of hydrogen-bond donors (Lipinski definition) is 1. The fourth-order valence-corrected chi connectivity index (χ4v) is 4.33. The molecule has 0 fully saturated rings. The van der Waals surface area contributed by atoms with Gasteiger partial charge in [0.15, 0.2) is 11.5 Å². The highest BCUT2D eigenvalue weighted by Gasteiger charge is 2.35. The van der Waals surface area contributed by atoms with Crippen LogP contribution in [0, 0.1) is 22.7 Å². The van der Waals surface area contributed by atoms with Gasteiger partial charge in [-0.15, -0.1) is 0 Å². The molecule has 162 valence electrons. The molecule has 8 heteroatoms. The molecule has 0 saturated heterocycles. The van der Waals surface area contributed by atoms with Crippen molar-refractivity contribution in [3.63, 3.8) is 0 Å². The van der Waals surface area contributed by atoms with Gasteiger partial charge in [0.2, 0.25) is 12.7 Å². The van der Waals surface area contributed by atoms with Gasteiger partial charge in [-0.25, -0.2) is 0 Å². The van der Waals surface area contributed by atoms with E-state index in [1.54, 1.807) is 12.1 Å². The standard InChI is InChI=1S/C25H16BrN3O4/c26-16-5-6-20(30-12-15-4-2-1-3-14(15)10-27)17(7-16)24-18-8-22-23(32-13-31-22)9-21(18)33-25(29)19(24)11-28/h1-9,24H,12-13,29H2. The highest BCUT2D eigenvalue weighted by molar-refractivity contribution is 9.10. The summed E-state index contributed by atoms with van der Waals surface area (Å²) in [6.07, 6.45) is 0. The predicted molar refractivity (Wildman–Crippen MR) is 121 cm³/mol. The van der Waals surface area contributed by atoms with Crippen LogP contribution in [-0.2, 0) is 6.61 Å². The lowest BCUT2D eigenvalue weighted by Gasteiger charge is -2.28. The van der Waals surface area contributed by atoms with Crippen LogP contribution in [0.3, 0.4) is 0 Å². The number of allylic oxidation sites excluding steroid dienone is 1. The van der Waals surface area contributed by atoms with E-state index in [1.165, 1.54) is 0 Å². The lowest BCUT2D eigenvalue weighted by atomic mass is 9.83. The molecule has 33 heavy (non-hydrogen) atoms. The van der Waals surface area contributed by atoms with Crippen LogP contribution in [0.15, 0.2) is 70.5 Å². The van der Waals surface area contributed by atoms with Crippen molar-refractivity contribution in [2.45, 2.75) is 12.5 Å². The summed E-state index contributed by atoms with van der Waals surface area (Å²) < 4.78 is 23.7. The maximum Gasteiger partial charge on any atom is 0.231 e. The minimum Gasteiger partial charge on any atom is -0.489 e. The Morgan fingerprint density at radius 2 is 1.76 bits per heavy atom. The van der Waals surface area contributed by atoms with Crippen LogP contribution in [0.2, 0.25) is 0 Å². The molecule has 1 atom stereocenters. The van der Waals surface area contributed by atoms with Crippen LogP contribution in [-0.4, -0.2) is 6.79 Å². The number of halogens is 1. The molecule has 7 nitrogen and oxygen atoms in total. The number of nitrogens with two attached hydrogens (primary N) is 1. The van der Waals surface area contributed by atoms with Crippen molar-refractivity contribution in [1.29, 1.82) is 10.5 Å². The molecule has 3 aromatic rings. The number of nitriles is 2. The Bertz CT molecular complexity index is 1390. The first kappa shape index (κ1) is 20.7. The zero-order chi connectivity index (χ0) is 22.9. The highest BCUT2D eigenvalue weighted by atomic mass is 79.9. The summed E-state index contributed by atoms with van der Waals surface area (Å²) in [5.41, 5.74) is 9.15. The number of fused-ring (bicyclic) bond motifs is 2. The zero-order valence-electron chi connectivity index (χ0n) is 17.2. The Morgan fingerprint density at radius 1 is 0.970 bits per heavy atom. The van der Waals surface area contributed by atoms with Crippen molar-refractivity contribution >= 4 is 15.9 Å². The molecule has 1 unspecified atom stereocenters. The van der Waals surface area contributed by atoms with Crippen LogP contribution >= 0.6 is 15.9 Å². The SMILES string of the molecule is N#CC1=C(N)Oc2cc3c(cc2C1c1cc(Br)ccc1OCc1ccccc1C#N)OCO3. The molecular weight excluding hydrogens is 486 g/mol. The van der Waals surface area contributed by atoms with Gasteiger partial charge in [0.25, 0.3) is 0 Å². The molecule has 0 radical (unpaired) electrons. The number of hydrogen-bond acceptors (Lipinski definition) is 7. The van der Waals surface area contributed by atoms with Gasteiger partial charge in [-0.1, -0.05) is 34.1 Å². The minimum atomic E-state index is -0.549. The van der Waals surface area contributed by atoms with Gasteiger partial charge in [0.05, 0.1) is 17.6 Å². The van der Waals surface area contributed by atoms with Gasteiger partial charge < -0.3 is 24.7 Å². The Kier molecular flexibility index (Phi) is 5.29. The molecular formula is C25H16BrN3O4. The lowest BCUT2D eigenvalue weighted by Crippen LogP contribution is -2.21. The molecule has 3 aromatic carbocycles. The van der Waals surface area contributed by atoms with Gasteiger partial charge in [0, 0.05) is 27.2 Å². The Balaban J connectivity index is 1.61. The quantitative estimate of drug-likeness (QED) is 0.543. The van der Waals surface area contributed by atoms with Crippen molar-refractivity contribution in [3.8, 4) is 35.1 Å². The smallest absolute Gasteiger partial charge is 0.231 e. The molecule has 0 saturated carbocycles. The molecule has 0 aliphatic carbocycles. The molecule has 0 spiro atoms. The number of ether oxygens (including phenoxy) is 4. The molecule has 2 heterocycles. The van der Waals surface area contributed by atoms with E-state index in [9.17, 15) is 10.5 Å². The number of rotatable bonds is 4. The van der Waals surface area contributed by atoms with Gasteiger partial charge in [0.1, 0.15) is 29.7 Å². The molecule has 2 aliphatic rings. The fraction of sp³-hybridized carbons (Fsp3) is 0.120. The van der Waals surface area contributed by atoms with Crippen LogP contribution in [0.1, 0.15) is 28.2 Å². The first-order valence-corrected chi connectivity index (χ1v) is 10.8. The average molecular weight is 502 g/mol. The lowest BCUT2D eigenvalue weighted by molar-refractivity contribution is 0.174. The third kappa shape index (κ3) is 3.71. The predicted octanol–water partition coefficient (Wildman–Crippen LogP) is 4.85. The molecule has 2 N–H and O–H groups in total. The van der Waals surface area contributed by atoms with E-state index in [1.807, 2.05) is 42.5 Å². The van der Waals surface area contributed by atoms with Gasteiger partial charge >= 0.3 is 0 Å². The van der Waals surface area contributed by atoms with Crippen molar-refractivity contribution < 1.29 is 18.9 Å². The van der Waals surface area contributed by atoms with E-state index in [0.717, 1.165) is 15.6 Å². The van der Waals surface area contributed by atoms with E-state index in [0.29, 0.717) is 34.1 Å². The van der Waals surface area contributed by atoms with E-state index in [-0.39, 0.29) is 24.9 Å². The van der Waals surface area contributed by atoms with Gasteiger partial charge in [-0.2, -0.15) is 10.5 Å². The maximum atomic E-state index is 9.94. The van der Waals surface area contributed by atoms with Gasteiger partial charge in [-0.05, 0) is 30.3 Å². The largest absolute Gasteiger partial charge is 0.489 e. The first-order valence-electron chi connectivity index (χ1n) is 10.0. The highest BCUT2D eigenvalue weighted by Crippen LogP contribution is 2.49. The van der Waals surface area contributed by atoms with Crippen molar-refractivity contribution in [3.05, 3.63) is 92.8 Å². The maximum absolute atomic E-state index is 9.94. The Labute approximate surface area is 198 Å². The molecule has 5 rings (SSSR count). The summed E-state index contributed by atoms with van der Waals surface area (Å²) in [4.78, 5) is 0. The van der Waals surface area contributed by atoms with Crippen LogP contribution < -0.4 is 24.7 Å². The van der Waals surface area contributed by atoms with Gasteiger partial charge in [-0.3, -0.25) is 0 Å². The Morgan fingerprint density at radius 3 is 2.55 bits per heavy atom. The Hall–Kier alpha value is -4.14. The van der Waals surface area contributed by atoms with E-state index < -0.39 is 5.92 Å². The zero-order valence-corrected chi connectivity index (χ0v) is 18.8. The average Bonchev–Trinajstić information content (AvgIpc) is 3.28. The second-order valence-corrected chi connectivity index (χ2v) is 8.32.